The minimum absolute atomic E-state index is 0.585. The molecule has 0 aliphatic carbocycles. The van der Waals surface area contributed by atoms with E-state index in [-0.39, 0.29) is 0 Å². The van der Waals surface area contributed by atoms with E-state index in [9.17, 15) is 0 Å². The molecule has 92 valence electrons. The average molecular weight is 281 g/mol. The normalized spacial score (nSPS) is 11.3. The zero-order valence-corrected chi connectivity index (χ0v) is 11.4. The predicted molar refractivity (Wildman–Crippen MR) is 72.4 cm³/mol. The van der Waals surface area contributed by atoms with Crippen LogP contribution in [-0.2, 0) is 0 Å². The van der Waals surface area contributed by atoms with Crippen molar-refractivity contribution < 1.29 is 4.42 Å². The van der Waals surface area contributed by atoms with Crippen molar-refractivity contribution >= 4 is 28.9 Å². The molecule has 0 radical (unpaired) electrons. The summed E-state index contributed by atoms with van der Waals surface area (Å²) in [5.74, 6) is 0.779. The summed E-state index contributed by atoms with van der Waals surface area (Å²) in [5, 5.41) is 5.60. The second kappa shape index (κ2) is 4.04. The fraction of sp³-hybridized carbons (Fsp3) is 0.154. The summed E-state index contributed by atoms with van der Waals surface area (Å²) >= 11 is 12.1. The summed E-state index contributed by atoms with van der Waals surface area (Å²) in [4.78, 5) is 0. The number of nitrogens with zero attached hydrogens (tertiary/aromatic N) is 2. The van der Waals surface area contributed by atoms with Gasteiger partial charge < -0.3 is 4.42 Å². The maximum Gasteiger partial charge on any atom is 0.222 e. The Morgan fingerprint density at radius 2 is 1.94 bits per heavy atom. The van der Waals surface area contributed by atoms with E-state index in [2.05, 4.69) is 5.10 Å². The molecule has 0 spiro atoms. The van der Waals surface area contributed by atoms with Crippen molar-refractivity contribution in [3.05, 3.63) is 45.8 Å². The number of rotatable bonds is 1. The second-order valence-corrected chi connectivity index (χ2v) is 5.01. The molecule has 2 heterocycles. The molecular weight excluding hydrogens is 271 g/mol. The number of hydrogen-bond acceptors (Lipinski definition) is 2. The van der Waals surface area contributed by atoms with Gasteiger partial charge in [0.05, 0.1) is 10.7 Å². The maximum atomic E-state index is 6.23. The monoisotopic (exact) mass is 280 g/mol. The van der Waals surface area contributed by atoms with E-state index in [1.54, 1.807) is 16.6 Å². The topological polar surface area (TPSA) is 30.4 Å². The van der Waals surface area contributed by atoms with Crippen LogP contribution in [0.2, 0.25) is 10.0 Å². The smallest absolute Gasteiger partial charge is 0.222 e. The third-order valence-corrected chi connectivity index (χ3v) is 3.34. The van der Waals surface area contributed by atoms with Crippen LogP contribution in [0, 0.1) is 13.8 Å². The molecule has 2 aromatic heterocycles. The summed E-state index contributed by atoms with van der Waals surface area (Å²) in [6, 6.07) is 7.28. The van der Waals surface area contributed by atoms with Crippen LogP contribution in [0.25, 0.3) is 17.0 Å². The Morgan fingerprint density at radius 1 is 1.17 bits per heavy atom. The summed E-state index contributed by atoms with van der Waals surface area (Å²) in [7, 11) is 0. The Bertz CT molecular complexity index is 743. The zero-order valence-electron chi connectivity index (χ0n) is 9.87. The fourth-order valence-corrected chi connectivity index (χ4v) is 2.55. The summed E-state index contributed by atoms with van der Waals surface area (Å²) in [6.45, 7) is 3.81. The van der Waals surface area contributed by atoms with Gasteiger partial charge in [0.25, 0.3) is 0 Å². The number of fused-ring (bicyclic) bond motifs is 1. The van der Waals surface area contributed by atoms with Crippen molar-refractivity contribution in [1.82, 2.24) is 9.61 Å². The zero-order chi connectivity index (χ0) is 12.9. The Labute approximate surface area is 114 Å². The van der Waals surface area contributed by atoms with Crippen LogP contribution in [0.4, 0.5) is 0 Å². The molecule has 0 fully saturated rings. The molecule has 5 heteroatoms. The first kappa shape index (κ1) is 11.6. The first-order valence-corrected chi connectivity index (χ1v) is 6.23. The summed E-state index contributed by atoms with van der Waals surface area (Å²) in [5.41, 5.74) is 3.34. The highest BCUT2D eigenvalue weighted by molar-refractivity contribution is 6.36. The maximum absolute atomic E-state index is 6.23. The van der Waals surface area contributed by atoms with Crippen molar-refractivity contribution in [2.45, 2.75) is 13.8 Å². The Hall–Kier alpha value is -1.45. The lowest BCUT2D eigenvalue weighted by Gasteiger charge is -2.03. The van der Waals surface area contributed by atoms with E-state index in [0.717, 1.165) is 22.7 Å². The van der Waals surface area contributed by atoms with E-state index in [1.165, 1.54) is 0 Å². The van der Waals surface area contributed by atoms with Crippen LogP contribution in [0.3, 0.4) is 0 Å². The third-order valence-electron chi connectivity index (χ3n) is 2.79. The van der Waals surface area contributed by atoms with Crippen LogP contribution in [0.5, 0.6) is 0 Å². The molecule has 0 unspecified atom stereocenters. The van der Waals surface area contributed by atoms with Gasteiger partial charge in [0.15, 0.2) is 0 Å². The van der Waals surface area contributed by atoms with Crippen LogP contribution in [0.15, 0.2) is 28.7 Å². The summed E-state index contributed by atoms with van der Waals surface area (Å²) in [6.07, 6.45) is 0. The predicted octanol–water partition coefficient (Wildman–Crippen LogP) is 4.52. The van der Waals surface area contributed by atoms with Crippen molar-refractivity contribution in [1.29, 1.82) is 0 Å². The van der Waals surface area contributed by atoms with Gasteiger partial charge in [-0.3, -0.25) is 0 Å². The van der Waals surface area contributed by atoms with Crippen LogP contribution >= 0.6 is 23.2 Å². The van der Waals surface area contributed by atoms with Gasteiger partial charge in [-0.2, -0.15) is 9.61 Å². The average Bonchev–Trinajstić information content (AvgIpc) is 2.75. The SMILES string of the molecule is Cc1cc2oc(C)c(-c3ccc(Cl)cc3Cl)n2n1. The Kier molecular flexibility index (Phi) is 2.61. The first-order chi connectivity index (χ1) is 8.56. The highest BCUT2D eigenvalue weighted by Gasteiger charge is 2.17. The van der Waals surface area contributed by atoms with Gasteiger partial charge in [0, 0.05) is 16.7 Å². The second-order valence-electron chi connectivity index (χ2n) is 4.17. The van der Waals surface area contributed by atoms with Gasteiger partial charge in [-0.1, -0.05) is 23.2 Å². The fourth-order valence-electron chi connectivity index (χ4n) is 2.05. The molecule has 0 N–H and O–H groups in total. The highest BCUT2D eigenvalue weighted by atomic mass is 35.5. The number of aromatic nitrogens is 2. The van der Waals surface area contributed by atoms with E-state index < -0.39 is 0 Å². The minimum Gasteiger partial charge on any atom is -0.441 e. The molecule has 0 atom stereocenters. The van der Waals surface area contributed by atoms with E-state index in [1.807, 2.05) is 26.0 Å². The lowest BCUT2D eigenvalue weighted by atomic mass is 10.1. The molecule has 3 aromatic rings. The Balaban J connectivity index is 2.33. The van der Waals surface area contributed by atoms with Gasteiger partial charge in [0.1, 0.15) is 11.5 Å². The number of hydrogen-bond donors (Lipinski definition) is 0. The van der Waals surface area contributed by atoms with Crippen molar-refractivity contribution in [3.8, 4) is 11.3 Å². The van der Waals surface area contributed by atoms with Gasteiger partial charge in [0.2, 0.25) is 5.71 Å². The highest BCUT2D eigenvalue weighted by Crippen LogP contribution is 2.34. The van der Waals surface area contributed by atoms with Crippen molar-refractivity contribution in [2.75, 3.05) is 0 Å². The Morgan fingerprint density at radius 3 is 2.67 bits per heavy atom. The molecule has 0 aliphatic heterocycles. The number of benzene rings is 1. The van der Waals surface area contributed by atoms with Gasteiger partial charge >= 0.3 is 0 Å². The van der Waals surface area contributed by atoms with Crippen LogP contribution in [0.1, 0.15) is 11.5 Å². The molecule has 1 aromatic carbocycles. The molecule has 3 rings (SSSR count). The molecule has 0 amide bonds. The molecule has 18 heavy (non-hydrogen) atoms. The van der Waals surface area contributed by atoms with Crippen LogP contribution < -0.4 is 0 Å². The van der Waals surface area contributed by atoms with Gasteiger partial charge in [-0.15, -0.1) is 0 Å². The lowest BCUT2D eigenvalue weighted by Crippen LogP contribution is -1.91. The number of oxazole rings is 1. The number of aryl methyl sites for hydroxylation is 2. The molecule has 3 nitrogen and oxygen atoms in total. The minimum atomic E-state index is 0.585. The third kappa shape index (κ3) is 1.71. The molecule has 0 saturated heterocycles. The number of halogens is 2. The summed E-state index contributed by atoms with van der Waals surface area (Å²) < 4.78 is 7.43. The molecule has 0 saturated carbocycles. The van der Waals surface area contributed by atoms with E-state index in [4.69, 9.17) is 27.6 Å². The standard InChI is InChI=1S/C13H10Cl2N2O/c1-7-5-12-17(16-7)13(8(2)18-12)10-4-3-9(14)6-11(10)15/h3-6H,1-2H3. The molecule has 0 aliphatic rings. The van der Waals surface area contributed by atoms with Gasteiger partial charge in [-0.05, 0) is 32.0 Å². The van der Waals surface area contributed by atoms with Crippen molar-refractivity contribution in [2.24, 2.45) is 0 Å². The van der Waals surface area contributed by atoms with E-state index >= 15 is 0 Å². The molecule has 0 bridgehead atoms. The van der Waals surface area contributed by atoms with Crippen molar-refractivity contribution in [3.63, 3.8) is 0 Å². The van der Waals surface area contributed by atoms with Gasteiger partial charge in [-0.25, -0.2) is 0 Å². The quantitative estimate of drug-likeness (QED) is 0.656. The first-order valence-electron chi connectivity index (χ1n) is 5.47. The lowest BCUT2D eigenvalue weighted by molar-refractivity contribution is 0.573. The largest absolute Gasteiger partial charge is 0.441 e. The molecular formula is C13H10Cl2N2O. The van der Waals surface area contributed by atoms with E-state index in [0.29, 0.717) is 15.8 Å². The van der Waals surface area contributed by atoms with Crippen LogP contribution in [-0.4, -0.2) is 9.61 Å².